The molecule has 4 rings (SSSR count). The van der Waals surface area contributed by atoms with Crippen LogP contribution in [0.1, 0.15) is 43.4 Å². The molecule has 2 heterocycles. The summed E-state index contributed by atoms with van der Waals surface area (Å²) in [6.07, 6.45) is 3.91. The van der Waals surface area contributed by atoms with Gasteiger partial charge in [-0.3, -0.25) is 4.90 Å². The Morgan fingerprint density at radius 3 is 2.16 bits per heavy atom. The van der Waals surface area contributed by atoms with Crippen LogP contribution in [0.2, 0.25) is 0 Å². The molecule has 0 amide bonds. The molecule has 0 radical (unpaired) electrons. The van der Waals surface area contributed by atoms with Crippen molar-refractivity contribution in [1.29, 1.82) is 0 Å². The minimum absolute atomic E-state index is 0.330. The first-order chi connectivity index (χ1) is 12.4. The maximum Gasteiger partial charge on any atom is 0.132 e. The van der Waals surface area contributed by atoms with Crippen LogP contribution in [0.5, 0.6) is 11.5 Å². The Labute approximate surface area is 151 Å². The first-order valence-corrected chi connectivity index (χ1v) is 9.67. The van der Waals surface area contributed by atoms with Crippen molar-refractivity contribution in [1.82, 2.24) is 10.2 Å². The lowest BCUT2D eigenvalue weighted by molar-refractivity contribution is 0.141. The summed E-state index contributed by atoms with van der Waals surface area (Å²) in [4.78, 5) is 2.66. The molecule has 0 saturated carbocycles. The number of hydrogen-bond acceptors (Lipinski definition) is 3. The SMILES string of the molecule is CCNCCC1CCN(C2c3ccccc3Oc3ccccc32)CC1. The largest absolute Gasteiger partial charge is 0.457 e. The number of fused-ring (bicyclic) bond motifs is 2. The van der Waals surface area contributed by atoms with Crippen LogP contribution in [-0.4, -0.2) is 31.1 Å². The molecule has 132 valence electrons. The first kappa shape index (κ1) is 16.6. The van der Waals surface area contributed by atoms with E-state index in [4.69, 9.17) is 4.74 Å². The van der Waals surface area contributed by atoms with E-state index < -0.39 is 0 Å². The molecule has 0 spiro atoms. The number of nitrogens with one attached hydrogen (secondary N) is 1. The summed E-state index contributed by atoms with van der Waals surface area (Å²) in [5.41, 5.74) is 2.62. The Balaban J connectivity index is 1.53. The van der Waals surface area contributed by atoms with Gasteiger partial charge < -0.3 is 10.1 Å². The molecule has 2 aliphatic heterocycles. The molecule has 2 aromatic carbocycles. The van der Waals surface area contributed by atoms with Gasteiger partial charge in [-0.25, -0.2) is 0 Å². The number of rotatable bonds is 5. The standard InChI is InChI=1S/C22H28N2O/c1-2-23-14-11-17-12-15-24(16-13-17)22-18-7-3-5-9-20(18)25-21-10-6-4-8-19(21)22/h3-10,17,22-23H,2,11-16H2,1H3. The van der Waals surface area contributed by atoms with Crippen molar-refractivity contribution < 1.29 is 4.74 Å². The molecule has 2 aliphatic rings. The Bertz CT molecular complexity index is 661. The number of hydrogen-bond donors (Lipinski definition) is 1. The van der Waals surface area contributed by atoms with Crippen LogP contribution in [0, 0.1) is 5.92 Å². The van der Waals surface area contributed by atoms with Gasteiger partial charge in [0, 0.05) is 11.1 Å². The fraction of sp³-hybridized carbons (Fsp3) is 0.455. The van der Waals surface area contributed by atoms with Crippen LogP contribution in [0.3, 0.4) is 0 Å². The second-order valence-corrected chi connectivity index (χ2v) is 7.20. The van der Waals surface area contributed by atoms with Crippen LogP contribution < -0.4 is 10.1 Å². The molecule has 3 nitrogen and oxygen atoms in total. The Hall–Kier alpha value is -1.84. The van der Waals surface area contributed by atoms with Crippen molar-refractivity contribution in [2.45, 2.75) is 32.2 Å². The van der Waals surface area contributed by atoms with Gasteiger partial charge >= 0.3 is 0 Å². The van der Waals surface area contributed by atoms with Crippen molar-refractivity contribution in [3.05, 3.63) is 59.7 Å². The van der Waals surface area contributed by atoms with Gasteiger partial charge in [0.25, 0.3) is 0 Å². The van der Waals surface area contributed by atoms with E-state index in [-0.39, 0.29) is 0 Å². The van der Waals surface area contributed by atoms with Gasteiger partial charge in [-0.1, -0.05) is 43.3 Å². The van der Waals surface area contributed by atoms with Crippen molar-refractivity contribution in [3.8, 4) is 11.5 Å². The van der Waals surface area contributed by atoms with Crippen LogP contribution in [0.25, 0.3) is 0 Å². The fourth-order valence-corrected chi connectivity index (χ4v) is 4.26. The molecule has 0 bridgehead atoms. The quantitative estimate of drug-likeness (QED) is 0.808. The van der Waals surface area contributed by atoms with Gasteiger partial charge in [0.05, 0.1) is 6.04 Å². The Morgan fingerprint density at radius 2 is 1.56 bits per heavy atom. The third kappa shape index (κ3) is 3.44. The van der Waals surface area contributed by atoms with Gasteiger partial charge in [0.2, 0.25) is 0 Å². The van der Waals surface area contributed by atoms with Crippen LogP contribution in [0.15, 0.2) is 48.5 Å². The van der Waals surface area contributed by atoms with Crippen molar-refractivity contribution >= 4 is 0 Å². The first-order valence-electron chi connectivity index (χ1n) is 9.67. The molecule has 0 aliphatic carbocycles. The molecular formula is C22H28N2O. The van der Waals surface area contributed by atoms with E-state index in [1.54, 1.807) is 0 Å². The highest BCUT2D eigenvalue weighted by Gasteiger charge is 2.33. The number of benzene rings is 2. The molecule has 3 heteroatoms. The predicted octanol–water partition coefficient (Wildman–Crippen LogP) is 4.59. The predicted molar refractivity (Wildman–Crippen MR) is 102 cm³/mol. The van der Waals surface area contributed by atoms with Crippen LogP contribution in [0.4, 0.5) is 0 Å². The van der Waals surface area contributed by atoms with E-state index in [1.165, 1.54) is 43.5 Å². The van der Waals surface area contributed by atoms with E-state index in [1.807, 2.05) is 0 Å². The number of para-hydroxylation sites is 2. The smallest absolute Gasteiger partial charge is 0.132 e. The van der Waals surface area contributed by atoms with E-state index in [2.05, 4.69) is 65.7 Å². The van der Waals surface area contributed by atoms with Crippen LogP contribution in [-0.2, 0) is 0 Å². The normalized spacial score (nSPS) is 18.4. The number of likely N-dealkylation sites (tertiary alicyclic amines) is 1. The average molecular weight is 336 g/mol. The second kappa shape index (κ2) is 7.59. The molecule has 0 atom stereocenters. The van der Waals surface area contributed by atoms with Gasteiger partial charge in [0.1, 0.15) is 11.5 Å². The molecule has 0 unspecified atom stereocenters. The number of ether oxygens (including phenoxy) is 1. The summed E-state index contributed by atoms with van der Waals surface area (Å²) < 4.78 is 6.15. The second-order valence-electron chi connectivity index (χ2n) is 7.20. The third-order valence-corrected chi connectivity index (χ3v) is 5.64. The van der Waals surface area contributed by atoms with Gasteiger partial charge in [-0.05, 0) is 63.5 Å². The Kier molecular flexibility index (Phi) is 5.04. The molecule has 1 fully saturated rings. The van der Waals surface area contributed by atoms with E-state index >= 15 is 0 Å². The monoisotopic (exact) mass is 336 g/mol. The van der Waals surface area contributed by atoms with Crippen molar-refractivity contribution in [2.24, 2.45) is 5.92 Å². The summed E-state index contributed by atoms with van der Waals surface area (Å²) >= 11 is 0. The van der Waals surface area contributed by atoms with Gasteiger partial charge in [-0.15, -0.1) is 0 Å². The zero-order chi connectivity index (χ0) is 17.1. The maximum atomic E-state index is 6.15. The third-order valence-electron chi connectivity index (χ3n) is 5.64. The average Bonchev–Trinajstić information content (AvgIpc) is 2.67. The summed E-state index contributed by atoms with van der Waals surface area (Å²) in [6.45, 7) is 6.76. The van der Waals surface area contributed by atoms with Crippen molar-refractivity contribution in [3.63, 3.8) is 0 Å². The summed E-state index contributed by atoms with van der Waals surface area (Å²) in [5.74, 6) is 2.89. The highest BCUT2D eigenvalue weighted by atomic mass is 16.5. The van der Waals surface area contributed by atoms with Gasteiger partial charge in [-0.2, -0.15) is 0 Å². The minimum atomic E-state index is 0.330. The molecule has 1 saturated heterocycles. The summed E-state index contributed by atoms with van der Waals surface area (Å²) in [7, 11) is 0. The zero-order valence-corrected chi connectivity index (χ0v) is 15.1. The van der Waals surface area contributed by atoms with E-state index in [9.17, 15) is 0 Å². The van der Waals surface area contributed by atoms with E-state index in [0.717, 1.165) is 30.5 Å². The molecule has 0 aromatic heterocycles. The van der Waals surface area contributed by atoms with Crippen molar-refractivity contribution in [2.75, 3.05) is 26.2 Å². The highest BCUT2D eigenvalue weighted by Crippen LogP contribution is 2.46. The zero-order valence-electron chi connectivity index (χ0n) is 15.1. The minimum Gasteiger partial charge on any atom is -0.457 e. The van der Waals surface area contributed by atoms with Crippen LogP contribution >= 0.6 is 0 Å². The maximum absolute atomic E-state index is 6.15. The lowest BCUT2D eigenvalue weighted by atomic mass is 9.88. The van der Waals surface area contributed by atoms with E-state index in [0.29, 0.717) is 6.04 Å². The van der Waals surface area contributed by atoms with Gasteiger partial charge in [0.15, 0.2) is 0 Å². The highest BCUT2D eigenvalue weighted by molar-refractivity contribution is 5.53. The fourth-order valence-electron chi connectivity index (χ4n) is 4.26. The topological polar surface area (TPSA) is 24.5 Å². The summed E-state index contributed by atoms with van der Waals surface area (Å²) in [5, 5.41) is 3.47. The number of nitrogens with zero attached hydrogens (tertiary/aromatic N) is 1. The molecular weight excluding hydrogens is 308 g/mol. The molecule has 1 N–H and O–H groups in total. The number of piperidine rings is 1. The molecule has 2 aromatic rings. The molecule has 25 heavy (non-hydrogen) atoms. The lowest BCUT2D eigenvalue weighted by Gasteiger charge is -2.40. The summed E-state index contributed by atoms with van der Waals surface area (Å²) in [6, 6.07) is 17.4. The lowest BCUT2D eigenvalue weighted by Crippen LogP contribution is -2.38. The Morgan fingerprint density at radius 1 is 0.960 bits per heavy atom.